The minimum atomic E-state index is -0.358. The van der Waals surface area contributed by atoms with E-state index in [2.05, 4.69) is 20.7 Å². The average Bonchev–Trinajstić information content (AvgIpc) is 2.74. The maximum Gasteiger partial charge on any atom is 0.242 e. The molecule has 0 aliphatic heterocycles. The smallest absolute Gasteiger partial charge is 0.242 e. The second kappa shape index (κ2) is 5.11. The summed E-state index contributed by atoms with van der Waals surface area (Å²) in [6.07, 6.45) is 1.50. The van der Waals surface area contributed by atoms with Crippen LogP contribution in [0.4, 0.5) is 5.82 Å². The van der Waals surface area contributed by atoms with Crippen LogP contribution in [0, 0.1) is 6.92 Å². The fourth-order valence-electron chi connectivity index (χ4n) is 1.92. The summed E-state index contributed by atoms with van der Waals surface area (Å²) in [5.41, 5.74) is 1.58. The number of anilines is 1. The minimum Gasteiger partial charge on any atom is -0.359 e. The number of hydrogen-bond acceptors (Lipinski definition) is 4. The Hall–Kier alpha value is -2.11. The van der Waals surface area contributed by atoms with Crippen molar-refractivity contribution in [3.63, 3.8) is 0 Å². The van der Waals surface area contributed by atoms with Crippen molar-refractivity contribution < 1.29 is 4.79 Å². The number of aryl methyl sites for hydroxylation is 1. The summed E-state index contributed by atoms with van der Waals surface area (Å²) in [6.45, 7) is 9.69. The molecule has 2 N–H and O–H groups in total. The first-order valence-corrected chi connectivity index (χ1v) is 6.65. The zero-order chi connectivity index (χ0) is 14.9. The van der Waals surface area contributed by atoms with Crippen LogP contribution in [0.1, 0.15) is 33.3 Å². The number of carbonyl (C=O) groups is 1. The number of carbonyl (C=O) groups excluding carboxylic acids is 1. The molecule has 0 fully saturated rings. The van der Waals surface area contributed by atoms with E-state index in [0.29, 0.717) is 0 Å². The van der Waals surface area contributed by atoms with Crippen molar-refractivity contribution in [3.8, 4) is 0 Å². The van der Waals surface area contributed by atoms with Crippen LogP contribution in [0.5, 0.6) is 0 Å². The lowest BCUT2D eigenvalue weighted by Gasteiger charge is -2.24. The fourth-order valence-corrected chi connectivity index (χ4v) is 1.92. The lowest BCUT2D eigenvalue weighted by atomic mass is 10.1. The Morgan fingerprint density at radius 1 is 1.35 bits per heavy atom. The third-order valence-electron chi connectivity index (χ3n) is 2.78. The van der Waals surface area contributed by atoms with Gasteiger partial charge in [-0.15, -0.1) is 0 Å². The third-order valence-corrected chi connectivity index (χ3v) is 2.78. The molecular formula is C14H21N5O. The molecule has 2 aromatic heterocycles. The van der Waals surface area contributed by atoms with Crippen LogP contribution in [0.25, 0.3) is 5.65 Å². The molecule has 1 amide bonds. The highest BCUT2D eigenvalue weighted by molar-refractivity contribution is 5.84. The van der Waals surface area contributed by atoms with E-state index < -0.39 is 0 Å². The van der Waals surface area contributed by atoms with E-state index in [1.165, 1.54) is 6.33 Å². The molecule has 0 saturated heterocycles. The van der Waals surface area contributed by atoms with Crippen LogP contribution in [-0.4, -0.2) is 32.1 Å². The van der Waals surface area contributed by atoms with Gasteiger partial charge >= 0.3 is 0 Å². The van der Waals surface area contributed by atoms with E-state index in [1.807, 2.05) is 46.8 Å². The van der Waals surface area contributed by atoms with Crippen molar-refractivity contribution in [1.82, 2.24) is 19.9 Å². The molecule has 2 aromatic rings. The number of fused-ring (bicyclic) bond motifs is 1. The van der Waals surface area contributed by atoms with Crippen molar-refractivity contribution in [2.45, 2.75) is 46.2 Å². The molecule has 1 atom stereocenters. The molecule has 0 saturated carbocycles. The van der Waals surface area contributed by atoms with Crippen molar-refractivity contribution in [1.29, 1.82) is 0 Å². The van der Waals surface area contributed by atoms with Crippen LogP contribution >= 0.6 is 0 Å². The predicted molar refractivity (Wildman–Crippen MR) is 78.7 cm³/mol. The van der Waals surface area contributed by atoms with Gasteiger partial charge in [0.1, 0.15) is 18.2 Å². The third kappa shape index (κ3) is 3.26. The molecule has 2 rings (SSSR count). The van der Waals surface area contributed by atoms with Gasteiger partial charge in [-0.25, -0.2) is 4.98 Å². The van der Waals surface area contributed by atoms with Crippen molar-refractivity contribution in [2.75, 3.05) is 5.32 Å². The molecule has 0 aliphatic carbocycles. The van der Waals surface area contributed by atoms with Gasteiger partial charge in [0, 0.05) is 5.54 Å². The topological polar surface area (TPSA) is 71.3 Å². The molecule has 1 unspecified atom stereocenters. The zero-order valence-electron chi connectivity index (χ0n) is 12.6. The van der Waals surface area contributed by atoms with Gasteiger partial charge in [-0.3, -0.25) is 4.79 Å². The Labute approximate surface area is 118 Å². The predicted octanol–water partition coefficient (Wildman–Crippen LogP) is 1.75. The molecule has 108 valence electrons. The van der Waals surface area contributed by atoms with E-state index in [0.717, 1.165) is 17.0 Å². The highest BCUT2D eigenvalue weighted by atomic mass is 16.2. The van der Waals surface area contributed by atoms with Crippen molar-refractivity contribution in [3.05, 3.63) is 24.0 Å². The summed E-state index contributed by atoms with van der Waals surface area (Å²) < 4.78 is 1.69. The SMILES string of the molecule is Cc1cc(NC(C)C(=O)NC(C)(C)C)n2ncnc2c1. The van der Waals surface area contributed by atoms with Gasteiger partial charge in [0.15, 0.2) is 5.65 Å². The number of rotatable bonds is 3. The van der Waals surface area contributed by atoms with Crippen LogP contribution in [-0.2, 0) is 4.79 Å². The summed E-state index contributed by atoms with van der Waals surface area (Å²) >= 11 is 0. The Balaban J connectivity index is 2.19. The molecule has 0 aliphatic rings. The first-order chi connectivity index (χ1) is 9.26. The molecule has 0 bridgehead atoms. The number of nitrogens with one attached hydrogen (secondary N) is 2. The number of amides is 1. The molecule has 0 spiro atoms. The first-order valence-electron chi connectivity index (χ1n) is 6.65. The number of aromatic nitrogens is 3. The first kappa shape index (κ1) is 14.3. The molecule has 6 nitrogen and oxygen atoms in total. The van der Waals surface area contributed by atoms with Crippen molar-refractivity contribution >= 4 is 17.4 Å². The highest BCUT2D eigenvalue weighted by Crippen LogP contribution is 2.14. The normalized spacial score (nSPS) is 13.2. The lowest BCUT2D eigenvalue weighted by Crippen LogP contribution is -2.47. The number of pyridine rings is 1. The van der Waals surface area contributed by atoms with Crippen LogP contribution < -0.4 is 10.6 Å². The van der Waals surface area contributed by atoms with E-state index in [-0.39, 0.29) is 17.5 Å². The molecule has 0 aromatic carbocycles. The fraction of sp³-hybridized carbons (Fsp3) is 0.500. The van der Waals surface area contributed by atoms with Gasteiger partial charge in [0.05, 0.1) is 0 Å². The van der Waals surface area contributed by atoms with Gasteiger partial charge in [-0.2, -0.15) is 9.61 Å². The van der Waals surface area contributed by atoms with Gasteiger partial charge in [-0.05, 0) is 52.3 Å². The maximum atomic E-state index is 12.1. The monoisotopic (exact) mass is 275 g/mol. The van der Waals surface area contributed by atoms with E-state index in [4.69, 9.17) is 0 Å². The highest BCUT2D eigenvalue weighted by Gasteiger charge is 2.20. The maximum absolute atomic E-state index is 12.1. The lowest BCUT2D eigenvalue weighted by molar-refractivity contribution is -0.122. The van der Waals surface area contributed by atoms with Crippen molar-refractivity contribution in [2.24, 2.45) is 0 Å². The van der Waals surface area contributed by atoms with E-state index in [1.54, 1.807) is 4.52 Å². The zero-order valence-corrected chi connectivity index (χ0v) is 12.6. The average molecular weight is 275 g/mol. The summed E-state index contributed by atoms with van der Waals surface area (Å²) in [4.78, 5) is 16.3. The van der Waals surface area contributed by atoms with Gasteiger partial charge in [0.2, 0.25) is 5.91 Å². The summed E-state index contributed by atoms with van der Waals surface area (Å²) in [7, 11) is 0. The Bertz CT molecular complexity index is 626. The molecular weight excluding hydrogens is 254 g/mol. The molecule has 0 radical (unpaired) electrons. The summed E-state index contributed by atoms with van der Waals surface area (Å²) in [5, 5.41) is 10.3. The van der Waals surface area contributed by atoms with Gasteiger partial charge in [-0.1, -0.05) is 0 Å². The number of nitrogens with zero attached hydrogens (tertiary/aromatic N) is 3. The Kier molecular flexibility index (Phi) is 3.65. The second-order valence-electron chi connectivity index (χ2n) is 6.05. The van der Waals surface area contributed by atoms with E-state index >= 15 is 0 Å². The Morgan fingerprint density at radius 2 is 2.05 bits per heavy atom. The van der Waals surface area contributed by atoms with E-state index in [9.17, 15) is 4.79 Å². The molecule has 6 heteroatoms. The number of hydrogen-bond donors (Lipinski definition) is 2. The summed E-state index contributed by atoms with van der Waals surface area (Å²) in [6, 6.07) is 3.53. The quantitative estimate of drug-likeness (QED) is 0.895. The van der Waals surface area contributed by atoms with Gasteiger partial charge < -0.3 is 10.6 Å². The molecule has 2 heterocycles. The largest absolute Gasteiger partial charge is 0.359 e. The Morgan fingerprint density at radius 3 is 2.70 bits per heavy atom. The minimum absolute atomic E-state index is 0.0488. The van der Waals surface area contributed by atoms with Gasteiger partial charge in [0.25, 0.3) is 0 Å². The van der Waals surface area contributed by atoms with Crippen LogP contribution in [0.3, 0.4) is 0 Å². The van der Waals surface area contributed by atoms with Crippen LogP contribution in [0.2, 0.25) is 0 Å². The molecule has 20 heavy (non-hydrogen) atoms. The second-order valence-corrected chi connectivity index (χ2v) is 6.05. The summed E-state index contributed by atoms with van der Waals surface area (Å²) in [5.74, 6) is 0.710. The van der Waals surface area contributed by atoms with Crippen LogP contribution in [0.15, 0.2) is 18.5 Å². The standard InChI is InChI=1S/C14H21N5O/c1-9-6-11-15-8-16-19(11)12(7-9)17-10(2)13(20)18-14(3,4)5/h6-8,10,17H,1-5H3,(H,18,20).